The molecule has 0 aliphatic rings. The molecule has 0 bridgehead atoms. The second-order valence-electron chi connectivity index (χ2n) is 4.43. The third-order valence-corrected chi connectivity index (χ3v) is 3.33. The van der Waals surface area contributed by atoms with Crippen LogP contribution in [0, 0.1) is 0 Å². The van der Waals surface area contributed by atoms with E-state index in [2.05, 4.69) is 0 Å². The van der Waals surface area contributed by atoms with E-state index in [0.717, 1.165) is 5.56 Å². The lowest BCUT2D eigenvalue weighted by Gasteiger charge is -2.14. The van der Waals surface area contributed by atoms with Crippen LogP contribution in [-0.2, 0) is 6.42 Å². The van der Waals surface area contributed by atoms with Crippen molar-refractivity contribution in [3.8, 4) is 11.5 Å². The van der Waals surface area contributed by atoms with Crippen LogP contribution in [-0.4, -0.2) is 17.8 Å². The van der Waals surface area contributed by atoms with Gasteiger partial charge < -0.3 is 15.6 Å². The Bertz CT molecular complexity index is 590. The molecule has 0 aliphatic carbocycles. The first kappa shape index (κ1) is 15.1. The Morgan fingerprint density at radius 2 is 1.85 bits per heavy atom. The van der Waals surface area contributed by atoms with Gasteiger partial charge in [0.15, 0.2) is 0 Å². The van der Waals surface area contributed by atoms with Crippen molar-refractivity contribution in [3.05, 3.63) is 58.1 Å². The van der Waals surface area contributed by atoms with Gasteiger partial charge >= 0.3 is 0 Å². The van der Waals surface area contributed by atoms with Crippen LogP contribution < -0.4 is 10.5 Å². The van der Waals surface area contributed by atoms with Crippen LogP contribution in [0.25, 0.3) is 0 Å². The van der Waals surface area contributed by atoms with E-state index >= 15 is 0 Å². The average Bonchev–Trinajstić information content (AvgIpc) is 2.43. The molecule has 0 saturated carbocycles. The van der Waals surface area contributed by atoms with Gasteiger partial charge in [-0.2, -0.15) is 0 Å². The highest BCUT2D eigenvalue weighted by atomic mass is 35.5. The summed E-state index contributed by atoms with van der Waals surface area (Å²) in [5.41, 5.74) is 6.68. The second kappa shape index (κ2) is 6.95. The normalized spacial score (nSPS) is 12.2. The minimum absolute atomic E-state index is 0.0734. The lowest BCUT2D eigenvalue weighted by molar-refractivity contribution is 0.264. The van der Waals surface area contributed by atoms with E-state index in [1.165, 1.54) is 0 Å². The summed E-state index contributed by atoms with van der Waals surface area (Å²) in [6.45, 7) is -0.0734. The second-order valence-corrected chi connectivity index (χ2v) is 5.27. The summed E-state index contributed by atoms with van der Waals surface area (Å²) in [4.78, 5) is 0. The molecular weight excluding hydrogens is 297 g/mol. The van der Waals surface area contributed by atoms with Crippen LogP contribution in [0.15, 0.2) is 42.5 Å². The summed E-state index contributed by atoms with van der Waals surface area (Å²) < 4.78 is 5.81. The SMILES string of the molecule is NC(CO)Cc1ccccc1Oc1ccc(Cl)cc1Cl. The molecule has 0 saturated heterocycles. The molecule has 3 nitrogen and oxygen atoms in total. The summed E-state index contributed by atoms with van der Waals surface area (Å²) in [6.07, 6.45) is 0.526. The summed E-state index contributed by atoms with van der Waals surface area (Å²) >= 11 is 11.9. The van der Waals surface area contributed by atoms with Crippen molar-refractivity contribution in [2.45, 2.75) is 12.5 Å². The van der Waals surface area contributed by atoms with Crippen molar-refractivity contribution >= 4 is 23.2 Å². The molecule has 0 radical (unpaired) electrons. The smallest absolute Gasteiger partial charge is 0.146 e. The molecule has 1 unspecified atom stereocenters. The molecule has 106 valence electrons. The predicted octanol–water partition coefficient (Wildman–Crippen LogP) is 3.65. The van der Waals surface area contributed by atoms with E-state index in [0.29, 0.717) is 28.0 Å². The average molecular weight is 312 g/mol. The van der Waals surface area contributed by atoms with E-state index in [4.69, 9.17) is 38.8 Å². The summed E-state index contributed by atoms with van der Waals surface area (Å²) in [5.74, 6) is 1.20. The Labute approximate surface area is 127 Å². The first-order chi connectivity index (χ1) is 9.60. The Hall–Kier alpha value is -1.26. The molecule has 0 aromatic heterocycles. The minimum atomic E-state index is -0.319. The number of aliphatic hydroxyl groups excluding tert-OH is 1. The molecule has 0 spiro atoms. The van der Waals surface area contributed by atoms with Crippen LogP contribution in [0.4, 0.5) is 0 Å². The molecular formula is C15H15Cl2NO2. The molecule has 0 aliphatic heterocycles. The Morgan fingerprint density at radius 3 is 2.55 bits per heavy atom. The summed E-state index contributed by atoms with van der Waals surface area (Å²) in [5, 5.41) is 10.0. The number of benzene rings is 2. The quantitative estimate of drug-likeness (QED) is 0.886. The van der Waals surface area contributed by atoms with Crippen LogP contribution in [0.2, 0.25) is 10.0 Å². The molecule has 2 rings (SSSR count). The standard InChI is InChI=1S/C15H15Cl2NO2/c16-11-5-6-15(13(17)8-11)20-14-4-2-1-3-10(14)7-12(18)9-19/h1-6,8,12,19H,7,9,18H2. The van der Waals surface area contributed by atoms with Gasteiger partial charge in [-0.15, -0.1) is 0 Å². The number of nitrogens with two attached hydrogens (primary N) is 1. The van der Waals surface area contributed by atoms with Gasteiger partial charge in [-0.05, 0) is 36.2 Å². The molecule has 0 heterocycles. The Morgan fingerprint density at radius 1 is 1.10 bits per heavy atom. The molecule has 1 atom stereocenters. The van der Waals surface area contributed by atoms with Crippen molar-refractivity contribution in [2.75, 3.05) is 6.61 Å². The minimum Gasteiger partial charge on any atom is -0.456 e. The van der Waals surface area contributed by atoms with Crippen molar-refractivity contribution in [3.63, 3.8) is 0 Å². The van der Waals surface area contributed by atoms with Crippen LogP contribution >= 0.6 is 23.2 Å². The molecule has 3 N–H and O–H groups in total. The fourth-order valence-corrected chi connectivity index (χ4v) is 2.24. The third kappa shape index (κ3) is 3.87. The van der Waals surface area contributed by atoms with Gasteiger partial charge in [0.25, 0.3) is 0 Å². The van der Waals surface area contributed by atoms with Crippen LogP contribution in [0.5, 0.6) is 11.5 Å². The molecule has 2 aromatic carbocycles. The summed E-state index contributed by atoms with van der Waals surface area (Å²) in [6, 6.07) is 12.3. The van der Waals surface area contributed by atoms with Gasteiger partial charge in [-0.3, -0.25) is 0 Å². The number of hydrogen-bond acceptors (Lipinski definition) is 3. The number of halogens is 2. The molecule has 2 aromatic rings. The zero-order valence-electron chi connectivity index (χ0n) is 10.7. The van der Waals surface area contributed by atoms with Gasteiger partial charge in [0.1, 0.15) is 11.5 Å². The first-order valence-electron chi connectivity index (χ1n) is 6.17. The number of aliphatic hydroxyl groups is 1. The lowest BCUT2D eigenvalue weighted by atomic mass is 10.1. The maximum atomic E-state index is 9.05. The number of ether oxygens (including phenoxy) is 1. The highest BCUT2D eigenvalue weighted by Crippen LogP contribution is 2.33. The van der Waals surface area contributed by atoms with E-state index < -0.39 is 0 Å². The molecule has 0 fully saturated rings. The van der Waals surface area contributed by atoms with Crippen LogP contribution in [0.3, 0.4) is 0 Å². The van der Waals surface area contributed by atoms with Crippen molar-refractivity contribution < 1.29 is 9.84 Å². The van der Waals surface area contributed by atoms with Gasteiger partial charge in [0, 0.05) is 11.1 Å². The maximum Gasteiger partial charge on any atom is 0.146 e. The van der Waals surface area contributed by atoms with Crippen LogP contribution in [0.1, 0.15) is 5.56 Å². The van der Waals surface area contributed by atoms with Gasteiger partial charge in [0.2, 0.25) is 0 Å². The highest BCUT2D eigenvalue weighted by molar-refractivity contribution is 6.35. The predicted molar refractivity (Wildman–Crippen MR) is 81.7 cm³/mol. The van der Waals surface area contributed by atoms with Gasteiger partial charge in [0.05, 0.1) is 11.6 Å². The number of para-hydroxylation sites is 1. The van der Waals surface area contributed by atoms with Gasteiger partial charge in [-0.25, -0.2) is 0 Å². The first-order valence-corrected chi connectivity index (χ1v) is 6.93. The Kier molecular flexibility index (Phi) is 5.26. The fourth-order valence-electron chi connectivity index (χ4n) is 1.80. The van der Waals surface area contributed by atoms with Gasteiger partial charge in [-0.1, -0.05) is 41.4 Å². The van der Waals surface area contributed by atoms with E-state index in [1.807, 2.05) is 24.3 Å². The van der Waals surface area contributed by atoms with Crippen molar-refractivity contribution in [1.29, 1.82) is 0 Å². The lowest BCUT2D eigenvalue weighted by Crippen LogP contribution is -2.26. The number of rotatable bonds is 5. The zero-order chi connectivity index (χ0) is 14.5. The maximum absolute atomic E-state index is 9.05. The topological polar surface area (TPSA) is 55.5 Å². The van der Waals surface area contributed by atoms with E-state index in [-0.39, 0.29) is 12.6 Å². The highest BCUT2D eigenvalue weighted by Gasteiger charge is 2.10. The summed E-state index contributed by atoms with van der Waals surface area (Å²) in [7, 11) is 0. The third-order valence-electron chi connectivity index (χ3n) is 2.80. The molecule has 20 heavy (non-hydrogen) atoms. The largest absolute Gasteiger partial charge is 0.456 e. The number of hydrogen-bond donors (Lipinski definition) is 2. The van der Waals surface area contributed by atoms with Crippen molar-refractivity contribution in [2.24, 2.45) is 5.73 Å². The fraction of sp³-hybridized carbons (Fsp3) is 0.200. The Balaban J connectivity index is 2.24. The monoisotopic (exact) mass is 311 g/mol. The van der Waals surface area contributed by atoms with E-state index in [1.54, 1.807) is 18.2 Å². The molecule has 0 amide bonds. The molecule has 5 heteroatoms. The zero-order valence-corrected chi connectivity index (χ0v) is 12.2. The van der Waals surface area contributed by atoms with Crippen molar-refractivity contribution in [1.82, 2.24) is 0 Å². The van der Waals surface area contributed by atoms with E-state index in [9.17, 15) is 0 Å².